The molecule has 3 rings (SSSR count). The summed E-state index contributed by atoms with van der Waals surface area (Å²) in [5.74, 6) is 0.784. The quantitative estimate of drug-likeness (QED) is 0.799. The van der Waals surface area contributed by atoms with Crippen molar-refractivity contribution >= 4 is 23.6 Å². The molecule has 1 amide bonds. The van der Waals surface area contributed by atoms with Gasteiger partial charge in [-0.1, -0.05) is 54.1 Å². The van der Waals surface area contributed by atoms with Gasteiger partial charge in [-0.2, -0.15) is 0 Å². The molecule has 0 bridgehead atoms. The van der Waals surface area contributed by atoms with Crippen LogP contribution >= 0.6 is 11.6 Å². The third-order valence-electron chi connectivity index (χ3n) is 4.07. The van der Waals surface area contributed by atoms with Crippen LogP contribution in [-0.4, -0.2) is 25.1 Å². The molecule has 2 aromatic carbocycles. The van der Waals surface area contributed by atoms with Crippen molar-refractivity contribution in [3.63, 3.8) is 0 Å². The number of benzene rings is 2. The van der Waals surface area contributed by atoms with Crippen molar-refractivity contribution in [1.82, 2.24) is 10.6 Å². The Morgan fingerprint density at radius 3 is 2.80 bits per heavy atom. The lowest BCUT2D eigenvalue weighted by Gasteiger charge is -2.12. The Labute approximate surface area is 152 Å². The van der Waals surface area contributed by atoms with E-state index in [1.807, 2.05) is 60.7 Å². The Morgan fingerprint density at radius 2 is 2.08 bits per heavy atom. The molecule has 0 aromatic heterocycles. The standard InChI is InChI=1S/C20H21ClN2O2/c21-18-13-17(25-12-4-7-15-5-2-1-3-6-15)9-8-16(18)14-23-19-10-11-22-20(19)24/h1-9,13,19,23H,10-12,14H2,(H,22,24). The van der Waals surface area contributed by atoms with Crippen LogP contribution in [0.25, 0.3) is 6.08 Å². The normalized spacial score (nSPS) is 17.0. The summed E-state index contributed by atoms with van der Waals surface area (Å²) >= 11 is 6.32. The number of rotatable bonds is 7. The maximum atomic E-state index is 11.6. The predicted molar refractivity (Wildman–Crippen MR) is 101 cm³/mol. The van der Waals surface area contributed by atoms with E-state index in [4.69, 9.17) is 16.3 Å². The van der Waals surface area contributed by atoms with Crippen LogP contribution in [0.5, 0.6) is 5.75 Å². The van der Waals surface area contributed by atoms with Crippen LogP contribution in [0.2, 0.25) is 5.02 Å². The molecular formula is C20H21ClN2O2. The first-order valence-corrected chi connectivity index (χ1v) is 8.74. The fourth-order valence-electron chi connectivity index (χ4n) is 2.68. The molecule has 1 fully saturated rings. The number of carbonyl (C=O) groups is 1. The van der Waals surface area contributed by atoms with E-state index in [0.717, 1.165) is 29.8 Å². The third-order valence-corrected chi connectivity index (χ3v) is 4.42. The van der Waals surface area contributed by atoms with Gasteiger partial charge in [0.15, 0.2) is 0 Å². The van der Waals surface area contributed by atoms with E-state index in [9.17, 15) is 4.79 Å². The zero-order chi connectivity index (χ0) is 17.5. The molecule has 4 nitrogen and oxygen atoms in total. The first kappa shape index (κ1) is 17.5. The van der Waals surface area contributed by atoms with Gasteiger partial charge in [0, 0.05) is 18.1 Å². The number of hydrogen-bond donors (Lipinski definition) is 2. The minimum absolute atomic E-state index is 0.0567. The molecule has 1 atom stereocenters. The molecule has 0 saturated carbocycles. The van der Waals surface area contributed by atoms with Gasteiger partial charge in [-0.3, -0.25) is 4.79 Å². The van der Waals surface area contributed by atoms with E-state index in [2.05, 4.69) is 10.6 Å². The number of carbonyl (C=O) groups excluding carboxylic acids is 1. The van der Waals surface area contributed by atoms with Crippen molar-refractivity contribution in [2.45, 2.75) is 19.0 Å². The summed E-state index contributed by atoms with van der Waals surface area (Å²) in [5, 5.41) is 6.67. The fourth-order valence-corrected chi connectivity index (χ4v) is 2.91. The highest BCUT2D eigenvalue weighted by atomic mass is 35.5. The summed E-state index contributed by atoms with van der Waals surface area (Å²) in [6, 6.07) is 15.6. The van der Waals surface area contributed by atoms with Crippen molar-refractivity contribution in [2.24, 2.45) is 0 Å². The van der Waals surface area contributed by atoms with E-state index in [1.54, 1.807) is 0 Å². The lowest BCUT2D eigenvalue weighted by Crippen LogP contribution is -2.35. The van der Waals surface area contributed by atoms with Gasteiger partial charge in [0.05, 0.1) is 6.04 Å². The Balaban J connectivity index is 1.49. The molecule has 1 unspecified atom stereocenters. The molecule has 5 heteroatoms. The number of hydrogen-bond acceptors (Lipinski definition) is 3. The molecule has 2 N–H and O–H groups in total. The van der Waals surface area contributed by atoms with E-state index < -0.39 is 0 Å². The molecule has 1 aliphatic heterocycles. The van der Waals surface area contributed by atoms with Crippen LogP contribution in [0.15, 0.2) is 54.6 Å². The molecule has 2 aromatic rings. The summed E-state index contributed by atoms with van der Waals surface area (Å²) in [6.45, 7) is 1.77. The number of ether oxygens (including phenoxy) is 1. The van der Waals surface area contributed by atoms with Crippen LogP contribution in [0.3, 0.4) is 0 Å². The zero-order valence-electron chi connectivity index (χ0n) is 13.9. The lowest BCUT2D eigenvalue weighted by atomic mass is 10.2. The largest absolute Gasteiger partial charge is 0.489 e. The highest BCUT2D eigenvalue weighted by Gasteiger charge is 2.23. The molecule has 0 spiro atoms. The Bertz CT molecular complexity index is 747. The number of halogens is 1. The molecule has 1 aliphatic rings. The van der Waals surface area contributed by atoms with Gasteiger partial charge >= 0.3 is 0 Å². The highest BCUT2D eigenvalue weighted by Crippen LogP contribution is 2.23. The summed E-state index contributed by atoms with van der Waals surface area (Å²) in [4.78, 5) is 11.6. The molecule has 1 heterocycles. The molecule has 130 valence electrons. The summed E-state index contributed by atoms with van der Waals surface area (Å²) in [7, 11) is 0. The van der Waals surface area contributed by atoms with E-state index in [0.29, 0.717) is 18.2 Å². The second-order valence-electron chi connectivity index (χ2n) is 5.89. The van der Waals surface area contributed by atoms with Crippen LogP contribution in [0.1, 0.15) is 17.5 Å². The first-order valence-electron chi connectivity index (χ1n) is 8.36. The molecule has 25 heavy (non-hydrogen) atoms. The van der Waals surface area contributed by atoms with Crippen LogP contribution in [0.4, 0.5) is 0 Å². The Hall–Kier alpha value is -2.30. The van der Waals surface area contributed by atoms with Gasteiger partial charge in [-0.25, -0.2) is 0 Å². The maximum absolute atomic E-state index is 11.6. The minimum atomic E-state index is -0.130. The Morgan fingerprint density at radius 1 is 1.24 bits per heavy atom. The average Bonchev–Trinajstić information content (AvgIpc) is 3.04. The van der Waals surface area contributed by atoms with Crippen LogP contribution in [-0.2, 0) is 11.3 Å². The highest BCUT2D eigenvalue weighted by molar-refractivity contribution is 6.31. The lowest BCUT2D eigenvalue weighted by molar-refractivity contribution is -0.120. The molecule has 0 radical (unpaired) electrons. The van der Waals surface area contributed by atoms with E-state index in [1.165, 1.54) is 0 Å². The zero-order valence-corrected chi connectivity index (χ0v) is 14.6. The van der Waals surface area contributed by atoms with Crippen molar-refractivity contribution in [3.8, 4) is 5.75 Å². The van der Waals surface area contributed by atoms with Crippen molar-refractivity contribution in [3.05, 3.63) is 70.8 Å². The SMILES string of the molecule is O=C1NCCC1NCc1ccc(OCC=Cc2ccccc2)cc1Cl. The van der Waals surface area contributed by atoms with E-state index >= 15 is 0 Å². The predicted octanol–water partition coefficient (Wildman–Crippen LogP) is 3.41. The van der Waals surface area contributed by atoms with Crippen molar-refractivity contribution in [1.29, 1.82) is 0 Å². The van der Waals surface area contributed by atoms with Crippen LogP contribution < -0.4 is 15.4 Å². The van der Waals surface area contributed by atoms with Gasteiger partial charge in [0.2, 0.25) is 5.91 Å². The van der Waals surface area contributed by atoms with Crippen LogP contribution in [0, 0.1) is 0 Å². The van der Waals surface area contributed by atoms with Gasteiger partial charge in [0.25, 0.3) is 0 Å². The molecule has 1 saturated heterocycles. The topological polar surface area (TPSA) is 50.4 Å². The van der Waals surface area contributed by atoms with Gasteiger partial charge in [-0.05, 0) is 35.8 Å². The minimum Gasteiger partial charge on any atom is -0.489 e. The summed E-state index contributed by atoms with van der Waals surface area (Å²) < 4.78 is 5.70. The molecular weight excluding hydrogens is 336 g/mol. The Kier molecular flexibility index (Phi) is 6.09. The number of nitrogens with one attached hydrogen (secondary N) is 2. The molecule has 0 aliphatic carbocycles. The fraction of sp³-hybridized carbons (Fsp3) is 0.250. The first-order chi connectivity index (χ1) is 12.2. The summed E-state index contributed by atoms with van der Waals surface area (Å²) in [6.07, 6.45) is 4.80. The average molecular weight is 357 g/mol. The van der Waals surface area contributed by atoms with E-state index in [-0.39, 0.29) is 11.9 Å². The number of amides is 1. The second kappa shape index (κ2) is 8.70. The van der Waals surface area contributed by atoms with Gasteiger partial charge in [0.1, 0.15) is 12.4 Å². The second-order valence-corrected chi connectivity index (χ2v) is 6.30. The van der Waals surface area contributed by atoms with Crippen molar-refractivity contribution in [2.75, 3.05) is 13.2 Å². The van der Waals surface area contributed by atoms with Gasteiger partial charge < -0.3 is 15.4 Å². The summed E-state index contributed by atoms with van der Waals surface area (Å²) in [5.41, 5.74) is 2.09. The maximum Gasteiger partial charge on any atom is 0.237 e. The van der Waals surface area contributed by atoms with Crippen molar-refractivity contribution < 1.29 is 9.53 Å². The third kappa shape index (κ3) is 5.08. The smallest absolute Gasteiger partial charge is 0.237 e. The monoisotopic (exact) mass is 356 g/mol. The van der Waals surface area contributed by atoms with Gasteiger partial charge in [-0.15, -0.1) is 0 Å².